The van der Waals surface area contributed by atoms with Gasteiger partial charge in [0.05, 0.1) is 18.8 Å². The van der Waals surface area contributed by atoms with Crippen molar-refractivity contribution in [3.63, 3.8) is 0 Å². The third-order valence-corrected chi connectivity index (χ3v) is 5.01. The first-order chi connectivity index (χ1) is 14.1. The molecule has 2 atom stereocenters. The zero-order valence-corrected chi connectivity index (χ0v) is 15.9. The summed E-state index contributed by atoms with van der Waals surface area (Å²) in [5, 5.41) is 14.0. The molecule has 2 N–H and O–H groups in total. The van der Waals surface area contributed by atoms with Crippen LogP contribution in [0.25, 0.3) is 22.0 Å². The van der Waals surface area contributed by atoms with E-state index in [1.165, 1.54) is 6.20 Å². The van der Waals surface area contributed by atoms with E-state index in [0.717, 1.165) is 16.5 Å². The Hall–Kier alpha value is -3.00. The summed E-state index contributed by atoms with van der Waals surface area (Å²) >= 11 is 0. The molecule has 1 saturated carbocycles. The van der Waals surface area contributed by atoms with E-state index in [1.54, 1.807) is 37.5 Å². The zero-order valence-electron chi connectivity index (χ0n) is 16.9. The molecule has 0 unspecified atom stereocenters. The number of aromatic nitrogens is 3. The number of aryl methyl sites for hydroxylation is 1. The Morgan fingerprint density at radius 2 is 1.97 bits per heavy atom. The van der Waals surface area contributed by atoms with Crippen molar-refractivity contribution in [1.29, 1.82) is 0 Å². The lowest BCUT2D eigenvalue weighted by Gasteiger charge is -2.11. The first-order valence-corrected chi connectivity index (χ1v) is 9.25. The standard InChI is InChI=1S/C21H20F2N4O2/c1-3-18(28)17-4-11(2)14(10-25-17)16-5-12-9-26-19(6-13(12)8-24-16)27-20(29)15-7-21(15,22)23/h4-6,8-10,15,18,28H,3,7H2,1-2H3,(H,26,27,29)/t15-,18-/m1/s1/i18D. The monoisotopic (exact) mass is 399 g/mol. The van der Waals surface area contributed by atoms with Crippen LogP contribution in [0.3, 0.4) is 0 Å². The van der Waals surface area contributed by atoms with Crippen molar-refractivity contribution >= 4 is 22.5 Å². The van der Waals surface area contributed by atoms with E-state index in [2.05, 4.69) is 20.3 Å². The van der Waals surface area contributed by atoms with Crippen molar-refractivity contribution in [3.8, 4) is 11.3 Å². The van der Waals surface area contributed by atoms with Crippen LogP contribution in [-0.4, -0.2) is 31.9 Å². The molecule has 0 aliphatic heterocycles. The van der Waals surface area contributed by atoms with Crippen LogP contribution in [0.5, 0.6) is 0 Å². The fourth-order valence-corrected chi connectivity index (χ4v) is 3.13. The molecule has 1 amide bonds. The van der Waals surface area contributed by atoms with Gasteiger partial charge < -0.3 is 10.4 Å². The summed E-state index contributed by atoms with van der Waals surface area (Å²) in [5.74, 6) is -4.75. The first kappa shape index (κ1) is 18.1. The number of alkyl halides is 2. The van der Waals surface area contributed by atoms with Gasteiger partial charge in [0.25, 0.3) is 5.92 Å². The largest absolute Gasteiger partial charge is 0.387 e. The van der Waals surface area contributed by atoms with E-state index in [1.807, 2.05) is 6.92 Å². The van der Waals surface area contributed by atoms with Crippen molar-refractivity contribution in [2.45, 2.75) is 38.7 Å². The Labute approximate surface area is 167 Å². The van der Waals surface area contributed by atoms with Crippen molar-refractivity contribution in [1.82, 2.24) is 15.0 Å². The van der Waals surface area contributed by atoms with Gasteiger partial charge in [-0.3, -0.25) is 14.8 Å². The van der Waals surface area contributed by atoms with Gasteiger partial charge in [0.2, 0.25) is 5.91 Å². The number of hydrogen-bond donors (Lipinski definition) is 2. The average Bonchev–Trinajstić information content (AvgIpc) is 3.36. The van der Waals surface area contributed by atoms with E-state index in [9.17, 15) is 18.7 Å². The number of pyridine rings is 3. The van der Waals surface area contributed by atoms with E-state index < -0.39 is 30.2 Å². The zero-order chi connectivity index (χ0) is 21.7. The Kier molecular flexibility index (Phi) is 4.43. The van der Waals surface area contributed by atoms with Crippen LogP contribution in [0.15, 0.2) is 36.8 Å². The lowest BCUT2D eigenvalue weighted by molar-refractivity contribution is -0.119. The van der Waals surface area contributed by atoms with E-state index in [-0.39, 0.29) is 17.9 Å². The number of rotatable bonds is 5. The van der Waals surface area contributed by atoms with Crippen LogP contribution in [-0.2, 0) is 4.79 Å². The molecule has 3 aromatic heterocycles. The fourth-order valence-electron chi connectivity index (χ4n) is 3.13. The van der Waals surface area contributed by atoms with Gasteiger partial charge in [0.15, 0.2) is 0 Å². The summed E-state index contributed by atoms with van der Waals surface area (Å²) in [6.07, 6.45) is 2.77. The van der Waals surface area contributed by atoms with Gasteiger partial charge in [-0.15, -0.1) is 0 Å². The van der Waals surface area contributed by atoms with Crippen LogP contribution in [0, 0.1) is 12.8 Å². The topological polar surface area (TPSA) is 88.0 Å². The summed E-state index contributed by atoms with van der Waals surface area (Å²) in [7, 11) is 0. The van der Waals surface area contributed by atoms with Crippen LogP contribution in [0.1, 0.15) is 38.5 Å². The molecule has 3 aromatic rings. The van der Waals surface area contributed by atoms with Crippen molar-refractivity contribution in [2.24, 2.45) is 5.92 Å². The second-order valence-corrected chi connectivity index (χ2v) is 7.18. The fraction of sp³-hybridized carbons (Fsp3) is 0.333. The normalized spacial score (nSPS) is 20.0. The number of anilines is 1. The third-order valence-electron chi connectivity index (χ3n) is 5.01. The summed E-state index contributed by atoms with van der Waals surface area (Å²) in [6.45, 7) is 3.56. The maximum Gasteiger partial charge on any atom is 0.260 e. The Morgan fingerprint density at radius 3 is 2.62 bits per heavy atom. The molecule has 1 fully saturated rings. The molecule has 1 aliphatic rings. The molecule has 0 aromatic carbocycles. The lowest BCUT2D eigenvalue weighted by atomic mass is 10.0. The highest BCUT2D eigenvalue weighted by Gasteiger charge is 2.61. The number of hydrogen-bond acceptors (Lipinski definition) is 5. The molecule has 3 heterocycles. The highest BCUT2D eigenvalue weighted by atomic mass is 19.3. The predicted molar refractivity (Wildman–Crippen MR) is 104 cm³/mol. The summed E-state index contributed by atoms with van der Waals surface area (Å²) in [6, 6.07) is 5.06. The molecule has 29 heavy (non-hydrogen) atoms. The molecule has 6 nitrogen and oxygen atoms in total. The molecule has 4 rings (SSSR count). The number of nitrogens with zero attached hydrogens (tertiary/aromatic N) is 3. The Bertz CT molecular complexity index is 1150. The molecular formula is C21H20F2N4O2. The maximum absolute atomic E-state index is 13.0. The van der Waals surface area contributed by atoms with E-state index >= 15 is 0 Å². The lowest BCUT2D eigenvalue weighted by Crippen LogP contribution is -2.18. The van der Waals surface area contributed by atoms with Gasteiger partial charge in [-0.2, -0.15) is 0 Å². The highest BCUT2D eigenvalue weighted by Crippen LogP contribution is 2.49. The molecule has 8 heteroatoms. The molecule has 0 spiro atoms. The number of nitrogens with one attached hydrogen (secondary N) is 1. The van der Waals surface area contributed by atoms with Gasteiger partial charge >= 0.3 is 0 Å². The second-order valence-electron chi connectivity index (χ2n) is 7.18. The maximum atomic E-state index is 13.0. The van der Waals surface area contributed by atoms with E-state index in [0.29, 0.717) is 11.1 Å². The third kappa shape index (κ3) is 3.80. The Balaban J connectivity index is 1.59. The van der Waals surface area contributed by atoms with Crippen molar-refractivity contribution in [2.75, 3.05) is 5.32 Å². The number of amides is 1. The average molecular weight is 399 g/mol. The van der Waals surface area contributed by atoms with Crippen LogP contribution in [0.4, 0.5) is 14.6 Å². The summed E-state index contributed by atoms with van der Waals surface area (Å²) in [4.78, 5) is 24.6. The van der Waals surface area contributed by atoms with E-state index in [4.69, 9.17) is 1.37 Å². The Morgan fingerprint density at radius 1 is 1.28 bits per heavy atom. The van der Waals surface area contributed by atoms with Crippen molar-refractivity contribution < 1.29 is 20.1 Å². The minimum atomic E-state index is -2.92. The number of carbonyl (C=O) groups is 1. The SMILES string of the molecule is [2H][C@@](O)(CC)c1cc(C)c(-c2cc3cnc(NC(=O)[C@H]4CC4(F)F)cc3cn2)cn1. The molecule has 150 valence electrons. The molecule has 0 saturated heterocycles. The van der Waals surface area contributed by atoms with Crippen LogP contribution >= 0.6 is 0 Å². The van der Waals surface area contributed by atoms with Gasteiger partial charge in [-0.25, -0.2) is 13.8 Å². The minimum Gasteiger partial charge on any atom is -0.387 e. The van der Waals surface area contributed by atoms with Crippen molar-refractivity contribution in [3.05, 3.63) is 48.0 Å². The summed E-state index contributed by atoms with van der Waals surface area (Å²) < 4.78 is 34.0. The number of aliphatic hydroxyl groups is 1. The minimum absolute atomic E-state index is 0.196. The van der Waals surface area contributed by atoms with Gasteiger partial charge in [0, 0.05) is 41.3 Å². The summed E-state index contributed by atoms with van der Waals surface area (Å²) in [5.41, 5.74) is 2.48. The second kappa shape index (κ2) is 7.11. The number of fused-ring (bicyclic) bond motifs is 1. The van der Waals surface area contributed by atoms with Gasteiger partial charge in [0.1, 0.15) is 11.7 Å². The molecule has 0 bridgehead atoms. The van der Waals surface area contributed by atoms with Crippen LogP contribution < -0.4 is 5.32 Å². The molecular weight excluding hydrogens is 378 g/mol. The number of carbonyl (C=O) groups excluding carboxylic acids is 1. The van der Waals surface area contributed by atoms with Crippen LogP contribution in [0.2, 0.25) is 0 Å². The molecule has 1 aliphatic carbocycles. The smallest absolute Gasteiger partial charge is 0.260 e. The first-order valence-electron chi connectivity index (χ1n) is 9.75. The highest BCUT2D eigenvalue weighted by molar-refractivity contribution is 5.96. The van der Waals surface area contributed by atoms with Gasteiger partial charge in [-0.05, 0) is 37.1 Å². The molecule has 0 radical (unpaired) electrons. The number of halogens is 2. The quantitative estimate of drug-likeness (QED) is 0.676. The predicted octanol–water partition coefficient (Wildman–Crippen LogP) is 4.04. The van der Waals surface area contributed by atoms with Gasteiger partial charge in [-0.1, -0.05) is 6.92 Å².